The number of carbonyl (C=O) groups is 1. The second kappa shape index (κ2) is 7.08. The van der Waals surface area contributed by atoms with Crippen molar-refractivity contribution in [1.82, 2.24) is 18.6 Å². The topological polar surface area (TPSA) is 95.9 Å². The number of rotatable bonds is 6. The third kappa shape index (κ3) is 3.24. The van der Waals surface area contributed by atoms with Crippen LogP contribution in [0.5, 0.6) is 0 Å². The molecule has 2 aliphatic rings. The van der Waals surface area contributed by atoms with Crippen molar-refractivity contribution in [2.45, 2.75) is 38.6 Å². The first-order valence-corrected chi connectivity index (χ1v) is 10.4. The van der Waals surface area contributed by atoms with Crippen LogP contribution >= 0.6 is 0 Å². The molecule has 0 N–H and O–H groups in total. The molecule has 0 aliphatic carbocycles. The van der Waals surface area contributed by atoms with Crippen LogP contribution in [0.1, 0.15) is 36.8 Å². The van der Waals surface area contributed by atoms with E-state index in [0.29, 0.717) is 37.8 Å². The molecule has 9 nitrogen and oxygen atoms in total. The van der Waals surface area contributed by atoms with Crippen LogP contribution in [0.15, 0.2) is 0 Å². The molecular weight excluding hydrogens is 370 g/mol. The predicted octanol–water partition coefficient (Wildman–Crippen LogP) is 0.438. The lowest BCUT2D eigenvalue weighted by molar-refractivity contribution is -0.117. The van der Waals surface area contributed by atoms with Gasteiger partial charge in [-0.3, -0.25) is 9.69 Å². The van der Waals surface area contributed by atoms with Crippen molar-refractivity contribution in [2.75, 3.05) is 45.8 Å². The van der Waals surface area contributed by atoms with Crippen molar-refractivity contribution in [3.63, 3.8) is 0 Å². The number of aromatic nitrogens is 2. The summed E-state index contributed by atoms with van der Waals surface area (Å²) in [5.41, 5.74) is 0.684. The number of fused-ring (bicyclic) bond motifs is 1. The van der Waals surface area contributed by atoms with Gasteiger partial charge in [0.05, 0.1) is 25.1 Å². The Morgan fingerprint density at radius 3 is 2.63 bits per heavy atom. The van der Waals surface area contributed by atoms with E-state index in [1.54, 1.807) is 12.0 Å². The van der Waals surface area contributed by atoms with E-state index >= 15 is 0 Å². The summed E-state index contributed by atoms with van der Waals surface area (Å²) in [5.74, 6) is 0.986. The number of amides is 1. The van der Waals surface area contributed by atoms with Crippen LogP contribution in [0.2, 0.25) is 0 Å². The van der Waals surface area contributed by atoms with E-state index in [1.165, 1.54) is 22.7 Å². The molecule has 1 aromatic heterocycles. The molecule has 1 fully saturated rings. The zero-order chi connectivity index (χ0) is 20.0. The van der Waals surface area contributed by atoms with E-state index in [1.807, 2.05) is 13.8 Å². The number of anilines is 1. The van der Waals surface area contributed by atoms with E-state index in [9.17, 15) is 13.2 Å². The minimum absolute atomic E-state index is 0.0362. The Bertz CT molecular complexity index is 857. The minimum atomic E-state index is -3.61. The number of ether oxygens (including phenoxy) is 1. The highest BCUT2D eigenvalue weighted by molar-refractivity contribution is 7.86. The molecule has 150 valence electrons. The molecule has 3 rings (SSSR count). The fraction of sp³-hybridized carbons (Fsp3) is 0.706. The Kier molecular flexibility index (Phi) is 5.28. The molecule has 1 aromatic rings. The Labute approximate surface area is 160 Å². The van der Waals surface area contributed by atoms with Crippen LogP contribution in [-0.2, 0) is 31.7 Å². The fourth-order valence-electron chi connectivity index (χ4n) is 3.76. The molecule has 0 spiro atoms. The maximum absolute atomic E-state index is 12.8. The van der Waals surface area contributed by atoms with Crippen LogP contribution in [0.25, 0.3) is 0 Å². The molecule has 0 radical (unpaired) electrons. The first-order chi connectivity index (χ1) is 12.6. The highest BCUT2D eigenvalue weighted by atomic mass is 32.2. The van der Waals surface area contributed by atoms with Crippen molar-refractivity contribution in [3.05, 3.63) is 17.1 Å². The van der Waals surface area contributed by atoms with Gasteiger partial charge < -0.3 is 4.74 Å². The Hall–Kier alpha value is -1.62. The SMILES string of the molecule is COCCN1C(=O)Cc2c(C)nc(C3(C)CCCN3S(=O)(=O)N(C)C)nc21. The largest absolute Gasteiger partial charge is 0.383 e. The molecule has 1 amide bonds. The van der Waals surface area contributed by atoms with Gasteiger partial charge in [-0.25, -0.2) is 9.97 Å². The predicted molar refractivity (Wildman–Crippen MR) is 101 cm³/mol. The van der Waals surface area contributed by atoms with Gasteiger partial charge in [0.2, 0.25) is 5.91 Å². The molecule has 1 saturated heterocycles. The van der Waals surface area contributed by atoms with Gasteiger partial charge in [-0.2, -0.15) is 17.0 Å². The average Bonchev–Trinajstić information content (AvgIpc) is 3.14. The highest BCUT2D eigenvalue weighted by Gasteiger charge is 2.48. The summed E-state index contributed by atoms with van der Waals surface area (Å²) in [6.07, 6.45) is 1.63. The molecule has 0 saturated carbocycles. The lowest BCUT2D eigenvalue weighted by Crippen LogP contribution is -2.48. The summed E-state index contributed by atoms with van der Waals surface area (Å²) in [7, 11) is 1.02. The Balaban J connectivity index is 2.07. The second-order valence-electron chi connectivity index (χ2n) is 7.39. The number of carbonyl (C=O) groups excluding carboxylic acids is 1. The molecule has 1 unspecified atom stereocenters. The van der Waals surface area contributed by atoms with Gasteiger partial charge in [0.25, 0.3) is 10.2 Å². The standard InChI is InChI=1S/C17H27N5O4S/c1-12-13-11-14(23)21(9-10-26-5)15(13)19-16(18-12)17(2)7-6-8-22(17)27(24,25)20(3)4/h6-11H2,1-5H3. The van der Waals surface area contributed by atoms with E-state index in [0.717, 1.165) is 17.7 Å². The molecule has 2 aliphatic heterocycles. The van der Waals surface area contributed by atoms with Crippen molar-refractivity contribution in [2.24, 2.45) is 0 Å². The zero-order valence-corrected chi connectivity index (χ0v) is 17.3. The molecule has 1 atom stereocenters. The maximum atomic E-state index is 12.8. The Morgan fingerprint density at radius 1 is 1.30 bits per heavy atom. The monoisotopic (exact) mass is 397 g/mol. The van der Waals surface area contributed by atoms with Gasteiger partial charge in [0, 0.05) is 39.0 Å². The minimum Gasteiger partial charge on any atom is -0.383 e. The summed E-state index contributed by atoms with van der Waals surface area (Å²) in [4.78, 5) is 23.3. The summed E-state index contributed by atoms with van der Waals surface area (Å²) < 4.78 is 33.4. The molecule has 10 heteroatoms. The molecule has 3 heterocycles. The van der Waals surface area contributed by atoms with E-state index in [2.05, 4.69) is 9.97 Å². The molecule has 0 bridgehead atoms. The van der Waals surface area contributed by atoms with Crippen LogP contribution in [0.3, 0.4) is 0 Å². The smallest absolute Gasteiger partial charge is 0.282 e. The summed E-state index contributed by atoms with van der Waals surface area (Å²) in [6, 6.07) is 0. The van der Waals surface area contributed by atoms with Crippen LogP contribution in [-0.4, -0.2) is 73.8 Å². The number of hydrogen-bond donors (Lipinski definition) is 0. The molecular formula is C17H27N5O4S. The normalized spacial score (nSPS) is 23.5. The summed E-state index contributed by atoms with van der Waals surface area (Å²) in [6.45, 7) is 4.94. The third-order valence-electron chi connectivity index (χ3n) is 5.39. The fourth-order valence-corrected chi connectivity index (χ4v) is 5.19. The van der Waals surface area contributed by atoms with Crippen LogP contribution in [0, 0.1) is 6.92 Å². The van der Waals surface area contributed by atoms with E-state index in [4.69, 9.17) is 4.74 Å². The average molecular weight is 398 g/mol. The van der Waals surface area contributed by atoms with E-state index < -0.39 is 15.7 Å². The van der Waals surface area contributed by atoms with E-state index in [-0.39, 0.29) is 12.3 Å². The van der Waals surface area contributed by atoms with Crippen LogP contribution in [0.4, 0.5) is 5.82 Å². The molecule has 0 aromatic carbocycles. The summed E-state index contributed by atoms with van der Waals surface area (Å²) >= 11 is 0. The second-order valence-corrected chi connectivity index (χ2v) is 9.46. The number of hydrogen-bond acceptors (Lipinski definition) is 6. The van der Waals surface area contributed by atoms with Crippen molar-refractivity contribution < 1.29 is 17.9 Å². The summed E-state index contributed by atoms with van der Waals surface area (Å²) in [5, 5.41) is 0. The van der Waals surface area contributed by atoms with Gasteiger partial charge in [-0.1, -0.05) is 0 Å². The Morgan fingerprint density at radius 2 is 2.00 bits per heavy atom. The van der Waals surface area contributed by atoms with Gasteiger partial charge in [-0.05, 0) is 26.7 Å². The van der Waals surface area contributed by atoms with Crippen molar-refractivity contribution in [3.8, 4) is 0 Å². The van der Waals surface area contributed by atoms with Crippen molar-refractivity contribution in [1.29, 1.82) is 0 Å². The van der Waals surface area contributed by atoms with Gasteiger partial charge >= 0.3 is 0 Å². The lowest BCUT2D eigenvalue weighted by Gasteiger charge is -2.35. The zero-order valence-electron chi connectivity index (χ0n) is 16.5. The number of methoxy groups -OCH3 is 1. The van der Waals surface area contributed by atoms with Crippen molar-refractivity contribution >= 4 is 21.9 Å². The van der Waals surface area contributed by atoms with Gasteiger partial charge in [-0.15, -0.1) is 0 Å². The first-order valence-electron chi connectivity index (χ1n) is 9.00. The first kappa shape index (κ1) is 20.1. The molecule has 27 heavy (non-hydrogen) atoms. The lowest BCUT2D eigenvalue weighted by atomic mass is 9.99. The quantitative estimate of drug-likeness (QED) is 0.691. The maximum Gasteiger partial charge on any atom is 0.282 e. The number of aryl methyl sites for hydroxylation is 1. The highest BCUT2D eigenvalue weighted by Crippen LogP contribution is 2.41. The number of nitrogens with zero attached hydrogens (tertiary/aromatic N) is 5. The van der Waals surface area contributed by atoms with Gasteiger partial charge in [0.15, 0.2) is 5.82 Å². The van der Waals surface area contributed by atoms with Gasteiger partial charge in [0.1, 0.15) is 5.82 Å². The third-order valence-corrected chi connectivity index (χ3v) is 7.46. The van der Waals surface area contributed by atoms with Crippen LogP contribution < -0.4 is 4.90 Å².